The Hall–Kier alpha value is -1.72. The van der Waals surface area contributed by atoms with E-state index < -0.39 is 0 Å². The molecule has 0 atom stereocenters. The van der Waals surface area contributed by atoms with Crippen LogP contribution in [0.4, 0.5) is 0 Å². The van der Waals surface area contributed by atoms with Gasteiger partial charge in [0.2, 0.25) is 0 Å². The SMILES string of the molecule is CC.CC(=O)OCCOCCOc1ccc2ccccc2c1.CS. The first kappa shape index (κ1) is 22.3. The quantitative estimate of drug-likeness (QED) is 0.456. The van der Waals surface area contributed by atoms with E-state index in [4.69, 9.17) is 14.2 Å². The number of carbonyl (C=O) groups is 1. The molecule has 0 radical (unpaired) electrons. The van der Waals surface area contributed by atoms with Gasteiger partial charge in [-0.15, -0.1) is 0 Å². The third-order valence-corrected chi connectivity index (χ3v) is 2.75. The molecule has 4 nitrogen and oxygen atoms in total. The maximum Gasteiger partial charge on any atom is 0.302 e. The minimum Gasteiger partial charge on any atom is -0.491 e. The van der Waals surface area contributed by atoms with Crippen molar-refractivity contribution in [1.82, 2.24) is 0 Å². The Balaban J connectivity index is 0.00000123. The highest BCUT2D eigenvalue weighted by atomic mass is 32.1. The summed E-state index contributed by atoms with van der Waals surface area (Å²) < 4.78 is 15.7. The molecule has 134 valence electrons. The van der Waals surface area contributed by atoms with E-state index in [-0.39, 0.29) is 12.6 Å². The van der Waals surface area contributed by atoms with Gasteiger partial charge in [0.15, 0.2) is 0 Å². The molecule has 5 heteroatoms. The Morgan fingerprint density at radius 2 is 1.54 bits per heavy atom. The average molecular weight is 352 g/mol. The largest absolute Gasteiger partial charge is 0.491 e. The predicted octanol–water partition coefficient (Wildman–Crippen LogP) is 4.37. The van der Waals surface area contributed by atoms with Crippen molar-refractivity contribution in [3.05, 3.63) is 42.5 Å². The molecule has 0 aliphatic carbocycles. The zero-order valence-electron chi connectivity index (χ0n) is 15.0. The lowest BCUT2D eigenvalue weighted by molar-refractivity contribution is -0.142. The fourth-order valence-electron chi connectivity index (χ4n) is 1.82. The Morgan fingerprint density at radius 1 is 0.917 bits per heavy atom. The monoisotopic (exact) mass is 352 g/mol. The van der Waals surface area contributed by atoms with E-state index in [1.54, 1.807) is 6.26 Å². The van der Waals surface area contributed by atoms with Crippen LogP contribution in [0, 0.1) is 0 Å². The maximum absolute atomic E-state index is 10.5. The molecule has 0 aliphatic heterocycles. The minimum absolute atomic E-state index is 0.283. The average Bonchev–Trinajstić information content (AvgIpc) is 2.64. The van der Waals surface area contributed by atoms with Crippen molar-refractivity contribution in [2.75, 3.05) is 32.7 Å². The molecule has 0 aliphatic rings. The van der Waals surface area contributed by atoms with Gasteiger partial charge in [-0.2, -0.15) is 12.6 Å². The second kappa shape index (κ2) is 14.8. The van der Waals surface area contributed by atoms with E-state index in [1.807, 2.05) is 44.2 Å². The molecule has 0 saturated heterocycles. The molecule has 0 unspecified atom stereocenters. The first-order valence-electron chi connectivity index (χ1n) is 8.03. The van der Waals surface area contributed by atoms with Gasteiger partial charge in [-0.3, -0.25) is 4.79 Å². The van der Waals surface area contributed by atoms with Crippen molar-refractivity contribution in [2.45, 2.75) is 20.8 Å². The summed E-state index contributed by atoms with van der Waals surface area (Å²) in [4.78, 5) is 10.5. The van der Waals surface area contributed by atoms with Gasteiger partial charge in [0, 0.05) is 6.92 Å². The lowest BCUT2D eigenvalue weighted by atomic mass is 10.1. The van der Waals surface area contributed by atoms with Crippen molar-refractivity contribution < 1.29 is 19.0 Å². The van der Waals surface area contributed by atoms with E-state index >= 15 is 0 Å². The minimum atomic E-state index is -0.291. The van der Waals surface area contributed by atoms with E-state index in [0.717, 1.165) is 11.1 Å². The Labute approximate surface area is 150 Å². The zero-order valence-corrected chi connectivity index (χ0v) is 15.8. The number of hydrogen-bond donors (Lipinski definition) is 1. The topological polar surface area (TPSA) is 44.8 Å². The maximum atomic E-state index is 10.5. The highest BCUT2D eigenvalue weighted by molar-refractivity contribution is 7.79. The molecule has 24 heavy (non-hydrogen) atoms. The van der Waals surface area contributed by atoms with Gasteiger partial charge < -0.3 is 14.2 Å². The number of hydrogen-bond acceptors (Lipinski definition) is 5. The highest BCUT2D eigenvalue weighted by Crippen LogP contribution is 2.20. The number of fused-ring (bicyclic) bond motifs is 1. The van der Waals surface area contributed by atoms with E-state index in [9.17, 15) is 4.79 Å². The summed E-state index contributed by atoms with van der Waals surface area (Å²) in [6.07, 6.45) is 1.69. The number of thiol groups is 1. The smallest absolute Gasteiger partial charge is 0.302 e. The zero-order chi connectivity index (χ0) is 18.2. The third-order valence-electron chi connectivity index (χ3n) is 2.75. The van der Waals surface area contributed by atoms with Crippen LogP contribution in [0.3, 0.4) is 0 Å². The molecule has 0 amide bonds. The lowest BCUT2D eigenvalue weighted by Gasteiger charge is -2.08. The van der Waals surface area contributed by atoms with Crippen LogP contribution in [0.2, 0.25) is 0 Å². The molecule has 0 saturated carbocycles. The number of benzene rings is 2. The van der Waals surface area contributed by atoms with Gasteiger partial charge in [-0.05, 0) is 29.2 Å². The second-order valence-corrected chi connectivity index (χ2v) is 4.31. The molecular formula is C19H28O4S. The fraction of sp³-hybridized carbons (Fsp3) is 0.421. The van der Waals surface area contributed by atoms with Crippen LogP contribution < -0.4 is 4.74 Å². The molecule has 2 aromatic carbocycles. The van der Waals surface area contributed by atoms with E-state index in [1.165, 1.54) is 12.3 Å². The summed E-state index contributed by atoms with van der Waals surface area (Å²) in [5, 5.41) is 2.35. The van der Waals surface area contributed by atoms with E-state index in [0.29, 0.717) is 19.8 Å². The van der Waals surface area contributed by atoms with Gasteiger partial charge in [0.05, 0.1) is 13.2 Å². The van der Waals surface area contributed by atoms with Gasteiger partial charge in [-0.1, -0.05) is 44.2 Å². The summed E-state index contributed by atoms with van der Waals surface area (Å²) in [5.41, 5.74) is 0. The van der Waals surface area contributed by atoms with Crippen LogP contribution in [-0.4, -0.2) is 38.7 Å². The molecule has 2 rings (SSSR count). The van der Waals surface area contributed by atoms with Crippen LogP contribution in [0.5, 0.6) is 5.75 Å². The van der Waals surface area contributed by atoms with Crippen LogP contribution in [0.1, 0.15) is 20.8 Å². The fourth-order valence-corrected chi connectivity index (χ4v) is 1.82. The number of carbonyl (C=O) groups excluding carboxylic acids is 1. The lowest BCUT2D eigenvalue weighted by Crippen LogP contribution is -2.12. The van der Waals surface area contributed by atoms with Crippen LogP contribution in [0.15, 0.2) is 42.5 Å². The summed E-state index contributed by atoms with van der Waals surface area (Å²) in [7, 11) is 0. The van der Waals surface area contributed by atoms with Gasteiger partial charge in [-0.25, -0.2) is 0 Å². The van der Waals surface area contributed by atoms with Crippen LogP contribution in [0.25, 0.3) is 10.8 Å². The van der Waals surface area contributed by atoms with Crippen molar-refractivity contribution in [3.63, 3.8) is 0 Å². The molecule has 0 N–H and O–H groups in total. The number of ether oxygens (including phenoxy) is 3. The van der Waals surface area contributed by atoms with Gasteiger partial charge >= 0.3 is 5.97 Å². The van der Waals surface area contributed by atoms with Crippen molar-refractivity contribution in [2.24, 2.45) is 0 Å². The Morgan fingerprint density at radius 3 is 2.21 bits per heavy atom. The normalized spacial score (nSPS) is 9.21. The van der Waals surface area contributed by atoms with Crippen LogP contribution in [-0.2, 0) is 14.3 Å². The highest BCUT2D eigenvalue weighted by Gasteiger charge is 1.97. The Bertz CT molecular complexity index is 572. The van der Waals surface area contributed by atoms with E-state index in [2.05, 4.69) is 24.8 Å². The van der Waals surface area contributed by atoms with Gasteiger partial charge in [0.25, 0.3) is 0 Å². The molecule has 0 spiro atoms. The number of rotatable bonds is 7. The molecule has 2 aromatic rings. The van der Waals surface area contributed by atoms with Crippen LogP contribution >= 0.6 is 12.6 Å². The summed E-state index contributed by atoms with van der Waals surface area (Å²) >= 11 is 3.53. The second-order valence-electron chi connectivity index (χ2n) is 4.31. The summed E-state index contributed by atoms with van der Waals surface area (Å²) in [5.74, 6) is 0.535. The van der Waals surface area contributed by atoms with Gasteiger partial charge in [0.1, 0.15) is 19.0 Å². The third kappa shape index (κ3) is 9.43. The molecular weight excluding hydrogens is 324 g/mol. The van der Waals surface area contributed by atoms with Crippen molar-refractivity contribution in [1.29, 1.82) is 0 Å². The molecule has 0 heterocycles. The molecule has 0 fully saturated rings. The summed E-state index contributed by atoms with van der Waals surface area (Å²) in [6, 6.07) is 14.1. The molecule has 0 aromatic heterocycles. The standard InChI is InChI=1S/C16H18O4.C2H6.CH4S/c1-13(17)19-10-8-18-9-11-20-16-7-6-14-4-2-3-5-15(14)12-16;2*1-2/h2-7,12H,8-11H2,1H3;1-2H3;2H,1H3. The van der Waals surface area contributed by atoms with Crippen molar-refractivity contribution >= 4 is 29.4 Å². The first-order chi connectivity index (χ1) is 11.8. The predicted molar refractivity (Wildman–Crippen MR) is 103 cm³/mol. The number of esters is 1. The summed E-state index contributed by atoms with van der Waals surface area (Å²) in [6.45, 7) is 6.99. The first-order valence-corrected chi connectivity index (χ1v) is 8.92. The Kier molecular flexibility index (Phi) is 13.8. The molecule has 0 bridgehead atoms. The van der Waals surface area contributed by atoms with Crippen molar-refractivity contribution in [3.8, 4) is 5.75 Å².